The van der Waals surface area contributed by atoms with Crippen LogP contribution in [0.4, 0.5) is 4.39 Å². The molecule has 0 bridgehead atoms. The zero-order valence-corrected chi connectivity index (χ0v) is 11.4. The largest absolute Gasteiger partial charge is 0.388 e. The summed E-state index contributed by atoms with van der Waals surface area (Å²) in [6.07, 6.45) is 0.528. The first-order valence-corrected chi connectivity index (χ1v) is 6.56. The molecule has 0 aliphatic rings. The van der Waals surface area contributed by atoms with Crippen LogP contribution in [-0.4, -0.2) is 5.11 Å². The molecule has 0 amide bonds. The van der Waals surface area contributed by atoms with Gasteiger partial charge in [-0.25, -0.2) is 4.39 Å². The number of hydrogen-bond acceptors (Lipinski definition) is 1. The second kappa shape index (κ2) is 5.98. The Morgan fingerprint density at radius 2 is 1.79 bits per heavy atom. The Bertz CT molecular complexity index is 525. The predicted octanol–water partition coefficient (Wildman–Crippen LogP) is 4.11. The third-order valence-corrected chi connectivity index (χ3v) is 3.36. The van der Waals surface area contributed by atoms with Crippen molar-refractivity contribution in [3.05, 3.63) is 70.5 Å². The minimum Gasteiger partial charge on any atom is -0.388 e. The molecule has 2 aromatic carbocycles. The van der Waals surface area contributed by atoms with Gasteiger partial charge in [0.15, 0.2) is 0 Å². The summed E-state index contributed by atoms with van der Waals surface area (Å²) >= 11 is 0. The molecule has 2 aromatic rings. The first-order chi connectivity index (χ1) is 9.08. The summed E-state index contributed by atoms with van der Waals surface area (Å²) < 4.78 is 13.9. The van der Waals surface area contributed by atoms with Crippen molar-refractivity contribution in [3.63, 3.8) is 0 Å². The molecule has 100 valence electrons. The fraction of sp³-hybridized carbons (Fsp3) is 0.294. The van der Waals surface area contributed by atoms with E-state index in [1.807, 2.05) is 50.2 Å². The topological polar surface area (TPSA) is 20.2 Å². The van der Waals surface area contributed by atoms with Gasteiger partial charge in [0.1, 0.15) is 5.82 Å². The van der Waals surface area contributed by atoms with Crippen LogP contribution >= 0.6 is 0 Å². The van der Waals surface area contributed by atoms with Crippen LogP contribution < -0.4 is 0 Å². The molecule has 19 heavy (non-hydrogen) atoms. The number of rotatable bonds is 4. The highest BCUT2D eigenvalue weighted by Crippen LogP contribution is 2.26. The molecular formula is C17H19FO. The highest BCUT2D eigenvalue weighted by atomic mass is 19.1. The highest BCUT2D eigenvalue weighted by Gasteiger charge is 2.16. The third kappa shape index (κ3) is 3.42. The maximum absolute atomic E-state index is 13.9. The Hall–Kier alpha value is -1.67. The van der Waals surface area contributed by atoms with Crippen molar-refractivity contribution in [1.82, 2.24) is 0 Å². The van der Waals surface area contributed by atoms with E-state index in [0.717, 1.165) is 23.1 Å². The lowest BCUT2D eigenvalue weighted by molar-refractivity contribution is 0.162. The van der Waals surface area contributed by atoms with Gasteiger partial charge in [-0.1, -0.05) is 36.4 Å². The number of benzene rings is 2. The van der Waals surface area contributed by atoms with Gasteiger partial charge in [-0.15, -0.1) is 0 Å². The summed E-state index contributed by atoms with van der Waals surface area (Å²) in [6.45, 7) is 3.70. The molecule has 2 heteroatoms. The van der Waals surface area contributed by atoms with Crippen LogP contribution in [0, 0.1) is 19.7 Å². The monoisotopic (exact) mass is 258 g/mol. The van der Waals surface area contributed by atoms with Gasteiger partial charge in [0, 0.05) is 5.56 Å². The highest BCUT2D eigenvalue weighted by molar-refractivity contribution is 5.33. The van der Waals surface area contributed by atoms with E-state index in [4.69, 9.17) is 0 Å². The van der Waals surface area contributed by atoms with E-state index in [1.165, 1.54) is 6.07 Å². The van der Waals surface area contributed by atoms with Gasteiger partial charge in [-0.05, 0) is 49.4 Å². The van der Waals surface area contributed by atoms with Crippen LogP contribution in [0.5, 0.6) is 0 Å². The van der Waals surface area contributed by atoms with Gasteiger partial charge in [-0.2, -0.15) is 0 Å². The van der Waals surface area contributed by atoms with Crippen molar-refractivity contribution in [2.45, 2.75) is 32.8 Å². The van der Waals surface area contributed by atoms with E-state index in [1.54, 1.807) is 0 Å². The molecule has 0 aliphatic carbocycles. The van der Waals surface area contributed by atoms with Crippen molar-refractivity contribution in [2.75, 3.05) is 0 Å². The molecule has 1 nitrogen and oxygen atoms in total. The smallest absolute Gasteiger partial charge is 0.129 e. The van der Waals surface area contributed by atoms with E-state index in [9.17, 15) is 9.50 Å². The maximum atomic E-state index is 13.9. The molecule has 0 radical (unpaired) electrons. The quantitative estimate of drug-likeness (QED) is 0.875. The van der Waals surface area contributed by atoms with Crippen LogP contribution in [0.15, 0.2) is 42.5 Å². The second-order valence-electron chi connectivity index (χ2n) is 5.02. The van der Waals surface area contributed by atoms with Crippen LogP contribution in [0.25, 0.3) is 0 Å². The Kier molecular flexibility index (Phi) is 4.33. The standard InChI is InChI=1S/C17H19FO/c1-12-10-13(2)17(15(18)11-12)16(19)9-8-14-6-4-3-5-7-14/h3-7,10-11,16,19H,8-9H2,1-2H3. The summed E-state index contributed by atoms with van der Waals surface area (Å²) in [5, 5.41) is 10.2. The first kappa shape index (κ1) is 13.8. The Labute approximate surface area is 113 Å². The van der Waals surface area contributed by atoms with Crippen molar-refractivity contribution < 1.29 is 9.50 Å². The number of aliphatic hydroxyl groups is 1. The molecule has 0 saturated heterocycles. The summed E-state index contributed by atoms with van der Waals surface area (Å²) in [5.41, 5.74) is 3.29. The van der Waals surface area contributed by atoms with E-state index in [-0.39, 0.29) is 5.82 Å². The van der Waals surface area contributed by atoms with Crippen molar-refractivity contribution >= 4 is 0 Å². The summed E-state index contributed by atoms with van der Waals surface area (Å²) in [6, 6.07) is 13.3. The van der Waals surface area contributed by atoms with Gasteiger partial charge >= 0.3 is 0 Å². The van der Waals surface area contributed by atoms with E-state index >= 15 is 0 Å². The van der Waals surface area contributed by atoms with Gasteiger partial charge in [0.25, 0.3) is 0 Å². The molecule has 0 spiro atoms. The van der Waals surface area contributed by atoms with Crippen molar-refractivity contribution in [1.29, 1.82) is 0 Å². The minimum absolute atomic E-state index is 0.307. The molecule has 1 unspecified atom stereocenters. The lowest BCUT2D eigenvalue weighted by atomic mass is 9.96. The molecular weight excluding hydrogens is 239 g/mol. The maximum Gasteiger partial charge on any atom is 0.129 e. The van der Waals surface area contributed by atoms with Gasteiger partial charge < -0.3 is 5.11 Å². The van der Waals surface area contributed by atoms with Crippen LogP contribution in [-0.2, 0) is 6.42 Å². The number of aryl methyl sites for hydroxylation is 3. The SMILES string of the molecule is Cc1cc(C)c(C(O)CCc2ccccc2)c(F)c1. The predicted molar refractivity (Wildman–Crippen MR) is 75.6 cm³/mol. The second-order valence-corrected chi connectivity index (χ2v) is 5.02. The molecule has 0 fully saturated rings. The molecule has 0 heterocycles. The van der Waals surface area contributed by atoms with E-state index in [0.29, 0.717) is 12.0 Å². The summed E-state index contributed by atoms with van der Waals surface area (Å²) in [7, 11) is 0. The van der Waals surface area contributed by atoms with Crippen molar-refractivity contribution in [2.24, 2.45) is 0 Å². The van der Waals surface area contributed by atoms with Crippen LogP contribution in [0.1, 0.15) is 34.8 Å². The Morgan fingerprint density at radius 3 is 2.42 bits per heavy atom. The zero-order valence-electron chi connectivity index (χ0n) is 11.4. The molecule has 1 atom stereocenters. The zero-order chi connectivity index (χ0) is 13.8. The third-order valence-electron chi connectivity index (χ3n) is 3.36. The molecule has 2 rings (SSSR count). The minimum atomic E-state index is -0.749. The average Bonchev–Trinajstić information content (AvgIpc) is 2.36. The van der Waals surface area contributed by atoms with Gasteiger partial charge in [0.2, 0.25) is 0 Å². The van der Waals surface area contributed by atoms with Gasteiger partial charge in [0.05, 0.1) is 6.10 Å². The van der Waals surface area contributed by atoms with E-state index in [2.05, 4.69) is 0 Å². The Balaban J connectivity index is 2.10. The summed E-state index contributed by atoms with van der Waals surface area (Å²) in [4.78, 5) is 0. The summed E-state index contributed by atoms with van der Waals surface area (Å²) in [5.74, 6) is -0.307. The average molecular weight is 258 g/mol. The molecule has 1 N–H and O–H groups in total. The van der Waals surface area contributed by atoms with Crippen LogP contribution in [0.3, 0.4) is 0 Å². The molecule has 0 aromatic heterocycles. The van der Waals surface area contributed by atoms with Gasteiger partial charge in [-0.3, -0.25) is 0 Å². The fourth-order valence-corrected chi connectivity index (χ4v) is 2.44. The normalized spacial score (nSPS) is 12.4. The number of hydrogen-bond donors (Lipinski definition) is 1. The van der Waals surface area contributed by atoms with Crippen molar-refractivity contribution in [3.8, 4) is 0 Å². The number of aliphatic hydroxyl groups excluding tert-OH is 1. The fourth-order valence-electron chi connectivity index (χ4n) is 2.44. The molecule has 0 saturated carbocycles. The number of halogens is 1. The Morgan fingerprint density at radius 1 is 1.11 bits per heavy atom. The van der Waals surface area contributed by atoms with Crippen LogP contribution in [0.2, 0.25) is 0 Å². The van der Waals surface area contributed by atoms with E-state index < -0.39 is 6.10 Å². The lowest BCUT2D eigenvalue weighted by Gasteiger charge is -2.15. The first-order valence-electron chi connectivity index (χ1n) is 6.56. The lowest BCUT2D eigenvalue weighted by Crippen LogP contribution is -2.05. The molecule has 0 aliphatic heterocycles.